The number of benzene rings is 1. The van der Waals surface area contributed by atoms with Crippen LogP contribution in [0.4, 0.5) is 0 Å². The van der Waals surface area contributed by atoms with Crippen LogP contribution in [0.15, 0.2) is 24.3 Å². The number of hydrogen-bond donors (Lipinski definition) is 2. The standard InChI is InChI=1S/C20H29N3O3.ClH/c1-14(24)22-18-12-23(11-17(18)15-7-8-15)13-20(25)21-10-9-16-5-3-4-6-19(16)26-2;/h3-6,15,17-18H,7-13H2,1-2H3,(H,21,25)(H,22,24);1H/t17-,18+;/m1./s1. The van der Waals surface area contributed by atoms with Crippen molar-refractivity contribution in [3.63, 3.8) is 0 Å². The number of hydrogen-bond acceptors (Lipinski definition) is 4. The van der Waals surface area contributed by atoms with Crippen molar-refractivity contribution in [2.45, 2.75) is 32.2 Å². The highest BCUT2D eigenvalue weighted by molar-refractivity contribution is 5.85. The molecule has 7 heteroatoms. The zero-order valence-electron chi connectivity index (χ0n) is 16.1. The lowest BCUT2D eigenvalue weighted by Gasteiger charge is -2.18. The number of rotatable bonds is 8. The molecule has 27 heavy (non-hydrogen) atoms. The van der Waals surface area contributed by atoms with E-state index in [0.717, 1.165) is 30.8 Å². The van der Waals surface area contributed by atoms with Gasteiger partial charge in [0.05, 0.1) is 13.7 Å². The maximum absolute atomic E-state index is 12.3. The Hall–Kier alpha value is -1.79. The molecular weight excluding hydrogens is 366 g/mol. The predicted molar refractivity (Wildman–Crippen MR) is 107 cm³/mol. The molecule has 6 nitrogen and oxygen atoms in total. The van der Waals surface area contributed by atoms with Gasteiger partial charge in [-0.05, 0) is 42.7 Å². The molecule has 0 bridgehead atoms. The number of nitrogens with one attached hydrogen (secondary N) is 2. The molecule has 2 N–H and O–H groups in total. The second kappa shape index (κ2) is 9.95. The van der Waals surface area contributed by atoms with Gasteiger partial charge in [0.1, 0.15) is 5.75 Å². The number of methoxy groups -OCH3 is 1. The molecule has 1 aromatic carbocycles. The molecule has 2 atom stereocenters. The topological polar surface area (TPSA) is 70.7 Å². The fourth-order valence-corrected chi connectivity index (χ4v) is 3.96. The third kappa shape index (κ3) is 6.11. The largest absolute Gasteiger partial charge is 0.496 e. The van der Waals surface area contributed by atoms with Crippen LogP contribution in [0, 0.1) is 11.8 Å². The average Bonchev–Trinajstić information content (AvgIpc) is 3.38. The van der Waals surface area contributed by atoms with Crippen LogP contribution in [0.3, 0.4) is 0 Å². The Labute approximate surface area is 167 Å². The van der Waals surface area contributed by atoms with E-state index in [2.05, 4.69) is 15.5 Å². The van der Waals surface area contributed by atoms with Gasteiger partial charge >= 0.3 is 0 Å². The van der Waals surface area contributed by atoms with E-state index in [-0.39, 0.29) is 30.3 Å². The summed E-state index contributed by atoms with van der Waals surface area (Å²) < 4.78 is 5.34. The summed E-state index contributed by atoms with van der Waals surface area (Å²) in [5.41, 5.74) is 1.09. The lowest BCUT2D eigenvalue weighted by molar-refractivity contribution is -0.122. The third-order valence-corrected chi connectivity index (χ3v) is 5.33. The number of para-hydroxylation sites is 1. The van der Waals surface area contributed by atoms with Gasteiger partial charge < -0.3 is 15.4 Å². The number of amides is 2. The molecule has 1 aliphatic carbocycles. The monoisotopic (exact) mass is 395 g/mol. The number of carbonyl (C=O) groups is 2. The summed E-state index contributed by atoms with van der Waals surface area (Å²) in [6.07, 6.45) is 3.24. The minimum atomic E-state index is 0. The van der Waals surface area contributed by atoms with Crippen molar-refractivity contribution in [3.8, 4) is 5.75 Å². The van der Waals surface area contributed by atoms with Crippen molar-refractivity contribution < 1.29 is 14.3 Å². The molecule has 1 saturated heterocycles. The minimum absolute atomic E-state index is 0. The molecule has 150 valence electrons. The van der Waals surface area contributed by atoms with Gasteiger partial charge in [-0.1, -0.05) is 18.2 Å². The first-order valence-corrected chi connectivity index (χ1v) is 9.45. The van der Waals surface area contributed by atoms with Crippen molar-refractivity contribution in [3.05, 3.63) is 29.8 Å². The quantitative estimate of drug-likeness (QED) is 0.701. The Morgan fingerprint density at radius 1 is 1.22 bits per heavy atom. The summed E-state index contributed by atoms with van der Waals surface area (Å²) in [7, 11) is 1.66. The molecule has 1 aromatic rings. The molecule has 2 amide bonds. The van der Waals surface area contributed by atoms with Crippen LogP contribution >= 0.6 is 12.4 Å². The van der Waals surface area contributed by atoms with E-state index in [1.54, 1.807) is 14.0 Å². The molecular formula is C20H30ClN3O3. The first kappa shape index (κ1) is 21.5. The van der Waals surface area contributed by atoms with Crippen molar-refractivity contribution in [2.75, 3.05) is 33.3 Å². The van der Waals surface area contributed by atoms with E-state index in [1.807, 2.05) is 24.3 Å². The first-order chi connectivity index (χ1) is 12.6. The highest BCUT2D eigenvalue weighted by Crippen LogP contribution is 2.41. The summed E-state index contributed by atoms with van der Waals surface area (Å²) in [4.78, 5) is 25.9. The lowest BCUT2D eigenvalue weighted by atomic mass is 9.98. The van der Waals surface area contributed by atoms with Gasteiger partial charge in [-0.3, -0.25) is 14.5 Å². The highest BCUT2D eigenvalue weighted by atomic mass is 35.5. The Kier molecular flexibility index (Phi) is 7.92. The van der Waals surface area contributed by atoms with E-state index in [4.69, 9.17) is 4.74 Å². The van der Waals surface area contributed by atoms with Gasteiger partial charge in [-0.15, -0.1) is 12.4 Å². The smallest absolute Gasteiger partial charge is 0.234 e. The number of ether oxygens (including phenoxy) is 1. The normalized spacial score (nSPS) is 22.0. The summed E-state index contributed by atoms with van der Waals surface area (Å²) in [6, 6.07) is 8.05. The van der Waals surface area contributed by atoms with Gasteiger partial charge in [-0.2, -0.15) is 0 Å². The second-order valence-electron chi connectivity index (χ2n) is 7.41. The molecule has 1 aliphatic heterocycles. The number of halogens is 1. The Balaban J connectivity index is 0.00000261. The molecule has 0 radical (unpaired) electrons. The van der Waals surface area contributed by atoms with Crippen LogP contribution in [0.25, 0.3) is 0 Å². The van der Waals surface area contributed by atoms with E-state index in [0.29, 0.717) is 24.9 Å². The van der Waals surface area contributed by atoms with Crippen LogP contribution in [0.5, 0.6) is 5.75 Å². The van der Waals surface area contributed by atoms with Crippen molar-refractivity contribution in [2.24, 2.45) is 11.8 Å². The summed E-state index contributed by atoms with van der Waals surface area (Å²) in [6.45, 7) is 4.22. The van der Waals surface area contributed by atoms with Crippen LogP contribution in [0.2, 0.25) is 0 Å². The maximum atomic E-state index is 12.3. The minimum Gasteiger partial charge on any atom is -0.496 e. The van der Waals surface area contributed by atoms with Crippen LogP contribution in [-0.4, -0.2) is 56.0 Å². The first-order valence-electron chi connectivity index (χ1n) is 9.45. The fourth-order valence-electron chi connectivity index (χ4n) is 3.96. The van der Waals surface area contributed by atoms with Gasteiger partial charge in [-0.25, -0.2) is 0 Å². The molecule has 1 heterocycles. The van der Waals surface area contributed by atoms with E-state index >= 15 is 0 Å². The molecule has 2 fully saturated rings. The molecule has 0 spiro atoms. The van der Waals surface area contributed by atoms with Gasteiger partial charge in [0.15, 0.2) is 0 Å². The summed E-state index contributed by atoms with van der Waals surface area (Å²) in [5.74, 6) is 2.11. The molecule has 2 aliphatic rings. The predicted octanol–water partition coefficient (Wildman–Crippen LogP) is 1.62. The molecule has 0 unspecified atom stereocenters. The van der Waals surface area contributed by atoms with Crippen molar-refractivity contribution in [1.82, 2.24) is 15.5 Å². The average molecular weight is 396 g/mol. The number of nitrogens with zero attached hydrogens (tertiary/aromatic N) is 1. The SMILES string of the molecule is COc1ccccc1CCNC(=O)CN1C[C@H](NC(C)=O)[C@@H](C2CC2)C1.Cl. The van der Waals surface area contributed by atoms with Crippen molar-refractivity contribution >= 4 is 24.2 Å². The summed E-state index contributed by atoms with van der Waals surface area (Å²) in [5, 5.41) is 6.07. The maximum Gasteiger partial charge on any atom is 0.234 e. The Bertz CT molecular complexity index is 651. The Morgan fingerprint density at radius 3 is 2.63 bits per heavy atom. The van der Waals surface area contributed by atoms with Gasteiger partial charge in [0.2, 0.25) is 11.8 Å². The van der Waals surface area contributed by atoms with E-state index < -0.39 is 0 Å². The van der Waals surface area contributed by atoms with Crippen molar-refractivity contribution in [1.29, 1.82) is 0 Å². The lowest BCUT2D eigenvalue weighted by Crippen LogP contribution is -2.41. The molecule has 0 aromatic heterocycles. The second-order valence-corrected chi connectivity index (χ2v) is 7.41. The van der Waals surface area contributed by atoms with Gasteiger partial charge in [0.25, 0.3) is 0 Å². The number of carbonyl (C=O) groups excluding carboxylic acids is 2. The third-order valence-electron chi connectivity index (χ3n) is 5.33. The van der Waals surface area contributed by atoms with Crippen LogP contribution in [0.1, 0.15) is 25.3 Å². The van der Waals surface area contributed by atoms with Gasteiger partial charge in [0, 0.05) is 32.6 Å². The van der Waals surface area contributed by atoms with E-state index in [1.165, 1.54) is 12.8 Å². The zero-order valence-corrected chi connectivity index (χ0v) is 16.9. The molecule has 3 rings (SSSR count). The number of likely N-dealkylation sites (tertiary alicyclic amines) is 1. The van der Waals surface area contributed by atoms with Crippen LogP contribution in [-0.2, 0) is 16.0 Å². The Morgan fingerprint density at radius 2 is 1.96 bits per heavy atom. The van der Waals surface area contributed by atoms with Crippen LogP contribution < -0.4 is 15.4 Å². The zero-order chi connectivity index (χ0) is 18.5. The fraction of sp³-hybridized carbons (Fsp3) is 0.600. The molecule has 1 saturated carbocycles. The van der Waals surface area contributed by atoms with E-state index in [9.17, 15) is 9.59 Å². The summed E-state index contributed by atoms with van der Waals surface area (Å²) >= 11 is 0. The highest BCUT2D eigenvalue weighted by Gasteiger charge is 2.42.